The van der Waals surface area contributed by atoms with Crippen molar-refractivity contribution in [3.05, 3.63) is 89.2 Å². The summed E-state index contributed by atoms with van der Waals surface area (Å²) >= 11 is 0. The number of aliphatic hydroxyl groups excluding tert-OH is 1. The summed E-state index contributed by atoms with van der Waals surface area (Å²) in [5.74, 6) is 0.431. The van der Waals surface area contributed by atoms with E-state index in [1.165, 1.54) is 5.69 Å². The van der Waals surface area contributed by atoms with Crippen LogP contribution in [0.5, 0.6) is 0 Å². The fourth-order valence-electron chi connectivity index (χ4n) is 6.86. The molecule has 6 N–H and O–H groups in total. The molecule has 0 bridgehead atoms. The minimum Gasteiger partial charge on any atom is -0.513 e. The number of anilines is 2. The molecule has 3 aliphatic heterocycles. The van der Waals surface area contributed by atoms with Gasteiger partial charge in [0.25, 0.3) is 5.91 Å². The van der Waals surface area contributed by atoms with Crippen LogP contribution in [-0.2, 0) is 6.54 Å². The van der Waals surface area contributed by atoms with E-state index in [9.17, 15) is 9.90 Å². The second-order valence-electron chi connectivity index (χ2n) is 12.1. The first-order valence-corrected chi connectivity index (χ1v) is 15.7. The SMILES string of the molecule is CCC1c2c(cnn2C2CN(Cc3cccc(C(=O)N4CCCC4)c3)C2)-c2cccc(NC(=C/C(N)=NC)/C(N)=C\O)c2N1C. The summed E-state index contributed by atoms with van der Waals surface area (Å²) in [6.45, 7) is 6.52. The van der Waals surface area contributed by atoms with Gasteiger partial charge < -0.3 is 31.7 Å². The average Bonchev–Trinajstić information content (AvgIpc) is 3.73. The fraction of sp³-hybridized carbons (Fsp3) is 0.382. The smallest absolute Gasteiger partial charge is 0.253 e. The molecule has 2 fully saturated rings. The van der Waals surface area contributed by atoms with E-state index in [2.05, 4.69) is 57.0 Å². The third-order valence-electron chi connectivity index (χ3n) is 9.21. The molecule has 236 valence electrons. The summed E-state index contributed by atoms with van der Waals surface area (Å²) in [6.07, 6.45) is 7.53. The largest absolute Gasteiger partial charge is 0.513 e. The first-order chi connectivity index (χ1) is 21.8. The number of likely N-dealkylation sites (tertiary alicyclic amines) is 2. The van der Waals surface area contributed by atoms with Crippen LogP contribution < -0.4 is 21.7 Å². The topological polar surface area (TPSA) is 141 Å². The maximum atomic E-state index is 12.9. The quantitative estimate of drug-likeness (QED) is 0.121. The summed E-state index contributed by atoms with van der Waals surface area (Å²) in [6, 6.07) is 14.6. The second kappa shape index (κ2) is 12.7. The highest BCUT2D eigenvalue weighted by atomic mass is 16.2. The van der Waals surface area contributed by atoms with Gasteiger partial charge in [0.1, 0.15) is 12.1 Å². The van der Waals surface area contributed by atoms with Crippen molar-refractivity contribution in [2.75, 3.05) is 50.5 Å². The number of carbonyl (C=O) groups is 1. The molecule has 1 aromatic heterocycles. The molecule has 0 radical (unpaired) electrons. The van der Waals surface area contributed by atoms with Crippen LogP contribution in [0.15, 0.2) is 77.4 Å². The summed E-state index contributed by atoms with van der Waals surface area (Å²) in [4.78, 5) is 23.6. The van der Waals surface area contributed by atoms with Crippen LogP contribution in [-0.4, -0.2) is 76.7 Å². The Kier molecular flexibility index (Phi) is 8.53. The molecule has 1 amide bonds. The van der Waals surface area contributed by atoms with E-state index in [-0.39, 0.29) is 29.5 Å². The predicted octanol–water partition coefficient (Wildman–Crippen LogP) is 4.38. The molecule has 0 saturated carbocycles. The van der Waals surface area contributed by atoms with Gasteiger partial charge >= 0.3 is 0 Å². The van der Waals surface area contributed by atoms with E-state index in [1.54, 1.807) is 13.1 Å². The summed E-state index contributed by atoms with van der Waals surface area (Å²) in [5, 5.41) is 18.0. The lowest BCUT2D eigenvalue weighted by Crippen LogP contribution is -2.48. The van der Waals surface area contributed by atoms with Crippen molar-refractivity contribution in [1.82, 2.24) is 19.6 Å². The lowest BCUT2D eigenvalue weighted by atomic mass is 9.91. The van der Waals surface area contributed by atoms with E-state index in [0.717, 1.165) is 91.9 Å². The van der Waals surface area contributed by atoms with Gasteiger partial charge in [0.15, 0.2) is 0 Å². The summed E-state index contributed by atoms with van der Waals surface area (Å²) in [7, 11) is 3.71. The molecule has 1 unspecified atom stereocenters. The first kappa shape index (κ1) is 30.3. The normalized spacial score (nSPS) is 19.4. The molecular weight excluding hydrogens is 566 g/mol. The highest BCUT2D eigenvalue weighted by molar-refractivity contribution is 5.96. The third kappa shape index (κ3) is 5.75. The summed E-state index contributed by atoms with van der Waals surface area (Å²) < 4.78 is 2.23. The molecule has 45 heavy (non-hydrogen) atoms. The highest BCUT2D eigenvalue weighted by Gasteiger charge is 2.38. The molecule has 0 spiro atoms. The number of nitrogens with one attached hydrogen (secondary N) is 1. The van der Waals surface area contributed by atoms with Crippen molar-refractivity contribution in [1.29, 1.82) is 0 Å². The van der Waals surface area contributed by atoms with Gasteiger partial charge in [0.05, 0.1) is 46.7 Å². The Morgan fingerprint density at radius 3 is 2.60 bits per heavy atom. The molecule has 6 rings (SSSR count). The Morgan fingerprint density at radius 1 is 1.13 bits per heavy atom. The lowest BCUT2D eigenvalue weighted by molar-refractivity contribution is 0.0790. The fourth-order valence-corrected chi connectivity index (χ4v) is 6.86. The number of hydrogen-bond acceptors (Lipinski definition) is 8. The number of carbonyl (C=O) groups excluding carboxylic acids is 1. The molecule has 11 nitrogen and oxygen atoms in total. The van der Waals surface area contributed by atoms with Crippen LogP contribution in [0, 0.1) is 0 Å². The van der Waals surface area contributed by atoms with E-state index in [4.69, 9.17) is 16.6 Å². The average molecular weight is 610 g/mol. The number of aliphatic hydroxyl groups is 1. The molecule has 3 aromatic rings. The number of aromatic nitrogens is 2. The van der Waals surface area contributed by atoms with Crippen molar-refractivity contribution in [2.45, 2.75) is 44.8 Å². The molecule has 4 heterocycles. The maximum Gasteiger partial charge on any atom is 0.253 e. The Balaban J connectivity index is 1.22. The van der Waals surface area contributed by atoms with Gasteiger partial charge in [-0.15, -0.1) is 0 Å². The molecular formula is C34H43N9O2. The van der Waals surface area contributed by atoms with Crippen LogP contribution in [0.2, 0.25) is 0 Å². The zero-order valence-corrected chi connectivity index (χ0v) is 26.3. The number of nitrogens with zero attached hydrogens (tertiary/aromatic N) is 6. The Labute approximate surface area is 264 Å². The number of benzene rings is 2. The molecule has 0 aliphatic carbocycles. The van der Waals surface area contributed by atoms with Crippen LogP contribution in [0.25, 0.3) is 11.1 Å². The Morgan fingerprint density at radius 2 is 1.89 bits per heavy atom. The second-order valence-corrected chi connectivity index (χ2v) is 12.1. The number of nitrogens with two attached hydrogens (primary N) is 2. The van der Waals surface area contributed by atoms with Crippen molar-refractivity contribution in [3.63, 3.8) is 0 Å². The Bertz CT molecular complexity index is 1660. The lowest BCUT2D eigenvalue weighted by Gasteiger charge is -2.43. The van der Waals surface area contributed by atoms with E-state index in [1.807, 2.05) is 35.4 Å². The van der Waals surface area contributed by atoms with Crippen LogP contribution in [0.1, 0.15) is 59.9 Å². The number of para-hydroxylation sites is 1. The van der Waals surface area contributed by atoms with Crippen molar-refractivity contribution in [3.8, 4) is 11.1 Å². The first-order valence-electron chi connectivity index (χ1n) is 15.7. The van der Waals surface area contributed by atoms with Gasteiger partial charge in [-0.25, -0.2) is 0 Å². The minimum atomic E-state index is 0.112. The summed E-state index contributed by atoms with van der Waals surface area (Å²) in [5.41, 5.74) is 19.9. The van der Waals surface area contributed by atoms with Gasteiger partial charge in [0.2, 0.25) is 0 Å². The van der Waals surface area contributed by atoms with Crippen molar-refractivity contribution >= 4 is 23.1 Å². The predicted molar refractivity (Wildman–Crippen MR) is 179 cm³/mol. The standard InChI is InChI=1S/C34H43N9O2/c1-4-30-33-26(25-11-8-12-28(32(25)40(30)3)39-29(27(35)21-44)16-31(36)37-2)17-38-43(33)24-19-41(20-24)18-22-9-7-10-23(15-22)34(45)42-13-5-6-14-42/h7-12,15-17,21,24,30,39,44H,4-6,13-14,18-20,35H2,1-3H3,(H2,36,37)/b27-21+,29-16+. The Hall–Kier alpha value is -4.77. The van der Waals surface area contributed by atoms with Gasteiger partial charge in [0, 0.05) is 69.6 Å². The molecule has 11 heteroatoms. The molecule has 1 atom stereocenters. The number of rotatable bonds is 9. The number of aliphatic imine (C=N–C) groups is 1. The van der Waals surface area contributed by atoms with Gasteiger partial charge in [-0.2, -0.15) is 5.10 Å². The van der Waals surface area contributed by atoms with E-state index >= 15 is 0 Å². The molecule has 2 aromatic carbocycles. The van der Waals surface area contributed by atoms with Crippen LogP contribution in [0.3, 0.4) is 0 Å². The molecule has 2 saturated heterocycles. The third-order valence-corrected chi connectivity index (χ3v) is 9.21. The number of amidine groups is 1. The highest BCUT2D eigenvalue weighted by Crippen LogP contribution is 2.49. The van der Waals surface area contributed by atoms with Crippen molar-refractivity contribution < 1.29 is 9.90 Å². The van der Waals surface area contributed by atoms with Gasteiger partial charge in [-0.3, -0.25) is 19.4 Å². The van der Waals surface area contributed by atoms with E-state index < -0.39 is 0 Å². The number of hydrogen-bond donors (Lipinski definition) is 4. The monoisotopic (exact) mass is 609 g/mol. The van der Waals surface area contributed by atoms with Gasteiger partial charge in [-0.1, -0.05) is 31.2 Å². The van der Waals surface area contributed by atoms with Crippen LogP contribution >= 0.6 is 0 Å². The number of fused-ring (bicyclic) bond motifs is 3. The van der Waals surface area contributed by atoms with Crippen molar-refractivity contribution in [2.24, 2.45) is 16.5 Å². The number of amides is 1. The van der Waals surface area contributed by atoms with E-state index in [0.29, 0.717) is 5.70 Å². The van der Waals surface area contributed by atoms with Gasteiger partial charge in [-0.05, 0) is 43.0 Å². The zero-order chi connectivity index (χ0) is 31.7. The van der Waals surface area contributed by atoms with Crippen LogP contribution in [0.4, 0.5) is 11.4 Å². The maximum absolute atomic E-state index is 12.9. The minimum absolute atomic E-state index is 0.112. The molecule has 3 aliphatic rings. The zero-order valence-electron chi connectivity index (χ0n) is 26.3.